The predicted octanol–water partition coefficient (Wildman–Crippen LogP) is 2.88. The van der Waals surface area contributed by atoms with Crippen molar-refractivity contribution in [2.45, 2.75) is 25.1 Å². The van der Waals surface area contributed by atoms with Crippen molar-refractivity contribution in [1.82, 2.24) is 9.97 Å². The van der Waals surface area contributed by atoms with Gasteiger partial charge in [0.25, 0.3) is 0 Å². The van der Waals surface area contributed by atoms with Crippen LogP contribution in [0.1, 0.15) is 13.8 Å². The summed E-state index contributed by atoms with van der Waals surface area (Å²) in [7, 11) is 0. The van der Waals surface area contributed by atoms with Crippen molar-refractivity contribution in [1.29, 1.82) is 0 Å². The van der Waals surface area contributed by atoms with Gasteiger partial charge in [0.05, 0.1) is 22.9 Å². The quantitative estimate of drug-likeness (QED) is 0.693. The number of aromatic nitrogens is 2. The van der Waals surface area contributed by atoms with E-state index in [1.807, 2.05) is 0 Å². The smallest absolute Gasteiger partial charge is 0.316 e. The summed E-state index contributed by atoms with van der Waals surface area (Å²) in [6.07, 6.45) is -0.174. The Morgan fingerprint density at radius 3 is 2.79 bits per heavy atom. The number of rotatable bonds is 4. The van der Waals surface area contributed by atoms with Gasteiger partial charge in [-0.05, 0) is 13.8 Å². The Morgan fingerprint density at radius 2 is 2.11 bits per heavy atom. The van der Waals surface area contributed by atoms with Crippen molar-refractivity contribution < 1.29 is 18.3 Å². The number of thioether (sulfide) groups is 1. The van der Waals surface area contributed by atoms with Gasteiger partial charge in [-0.3, -0.25) is 4.79 Å². The minimum absolute atomic E-state index is 0.0863. The van der Waals surface area contributed by atoms with E-state index in [4.69, 9.17) is 4.74 Å². The van der Waals surface area contributed by atoms with Gasteiger partial charge in [-0.2, -0.15) is 0 Å². The maximum atomic E-state index is 13.0. The van der Waals surface area contributed by atoms with Crippen LogP contribution in [0, 0.1) is 11.6 Å². The van der Waals surface area contributed by atoms with Gasteiger partial charge in [-0.15, -0.1) is 0 Å². The van der Waals surface area contributed by atoms with Gasteiger partial charge in [-0.1, -0.05) is 11.8 Å². The molecule has 0 aliphatic carbocycles. The molecule has 2 rings (SSSR count). The fraction of sp³-hybridized carbons (Fsp3) is 0.333. The zero-order valence-corrected chi connectivity index (χ0v) is 11.2. The molecule has 0 saturated heterocycles. The lowest BCUT2D eigenvalue weighted by molar-refractivity contribution is -0.144. The van der Waals surface area contributed by atoms with Gasteiger partial charge < -0.3 is 9.72 Å². The minimum atomic E-state index is -0.949. The molecule has 1 aromatic carbocycles. The van der Waals surface area contributed by atoms with Crippen LogP contribution < -0.4 is 0 Å². The van der Waals surface area contributed by atoms with Crippen LogP contribution >= 0.6 is 11.8 Å². The third-order valence-electron chi connectivity index (χ3n) is 2.20. The third kappa shape index (κ3) is 3.44. The number of nitrogens with zero attached hydrogens (tertiary/aromatic N) is 1. The lowest BCUT2D eigenvalue weighted by atomic mass is 10.3. The molecular weight excluding hydrogens is 274 g/mol. The molecular formula is C12H12F2N2O2S. The highest BCUT2D eigenvalue weighted by atomic mass is 32.2. The first-order valence-electron chi connectivity index (χ1n) is 5.62. The van der Waals surface area contributed by atoms with Crippen LogP contribution in [0.15, 0.2) is 17.3 Å². The summed E-state index contributed by atoms with van der Waals surface area (Å²) in [6, 6.07) is 2.05. The lowest BCUT2D eigenvalue weighted by Gasteiger charge is -2.06. The first-order valence-corrected chi connectivity index (χ1v) is 6.61. The number of ether oxygens (including phenoxy) is 1. The molecule has 19 heavy (non-hydrogen) atoms. The van der Waals surface area contributed by atoms with Crippen molar-refractivity contribution in [3.05, 3.63) is 23.8 Å². The molecule has 0 bridgehead atoms. The van der Waals surface area contributed by atoms with Crippen LogP contribution in [0.2, 0.25) is 0 Å². The summed E-state index contributed by atoms with van der Waals surface area (Å²) < 4.78 is 31.0. The second kappa shape index (κ2) is 5.56. The zero-order valence-electron chi connectivity index (χ0n) is 10.4. The third-order valence-corrected chi connectivity index (χ3v) is 3.04. The van der Waals surface area contributed by atoms with Gasteiger partial charge in [0, 0.05) is 12.1 Å². The summed E-state index contributed by atoms with van der Waals surface area (Å²) in [5.74, 6) is -2.16. The molecule has 1 heterocycles. The Bertz CT molecular complexity index is 574. The molecule has 0 atom stereocenters. The van der Waals surface area contributed by atoms with Crippen LogP contribution in [0.25, 0.3) is 11.0 Å². The van der Waals surface area contributed by atoms with Crippen molar-refractivity contribution in [2.75, 3.05) is 5.75 Å². The molecule has 1 aromatic heterocycles. The number of fused-ring (bicyclic) bond motifs is 1. The summed E-state index contributed by atoms with van der Waals surface area (Å²) in [4.78, 5) is 18.2. The molecule has 0 fully saturated rings. The first-order chi connectivity index (χ1) is 8.95. The van der Waals surface area contributed by atoms with Crippen molar-refractivity contribution >= 4 is 28.8 Å². The number of benzene rings is 1. The summed E-state index contributed by atoms with van der Waals surface area (Å²) in [5.41, 5.74) is 0.706. The molecule has 4 nitrogen and oxygen atoms in total. The Hall–Kier alpha value is -1.63. The van der Waals surface area contributed by atoms with Crippen molar-refractivity contribution in [3.8, 4) is 0 Å². The molecule has 1 N–H and O–H groups in total. The van der Waals surface area contributed by atoms with Gasteiger partial charge in [-0.25, -0.2) is 13.8 Å². The van der Waals surface area contributed by atoms with Gasteiger partial charge in [0.2, 0.25) is 0 Å². The number of aromatic amines is 1. The van der Waals surface area contributed by atoms with Gasteiger partial charge in [0.15, 0.2) is 16.8 Å². The lowest BCUT2D eigenvalue weighted by Crippen LogP contribution is -2.13. The highest BCUT2D eigenvalue weighted by Gasteiger charge is 2.11. The van der Waals surface area contributed by atoms with Crippen molar-refractivity contribution in [2.24, 2.45) is 0 Å². The van der Waals surface area contributed by atoms with E-state index in [-0.39, 0.29) is 17.8 Å². The maximum Gasteiger partial charge on any atom is 0.316 e. The number of hydrogen-bond acceptors (Lipinski definition) is 4. The SMILES string of the molecule is CC(C)OC(=O)CSc1nc2cc(F)c(F)cc2[nH]1. The molecule has 0 aliphatic heterocycles. The van der Waals surface area contributed by atoms with Crippen molar-refractivity contribution in [3.63, 3.8) is 0 Å². The molecule has 0 aliphatic rings. The van der Waals surface area contributed by atoms with E-state index in [0.717, 1.165) is 23.9 Å². The Balaban J connectivity index is 2.08. The van der Waals surface area contributed by atoms with Gasteiger partial charge >= 0.3 is 5.97 Å². The maximum absolute atomic E-state index is 13.0. The van der Waals surface area contributed by atoms with E-state index < -0.39 is 11.6 Å². The number of hydrogen-bond donors (Lipinski definition) is 1. The molecule has 0 amide bonds. The molecule has 0 spiro atoms. The number of carbonyl (C=O) groups is 1. The summed E-state index contributed by atoms with van der Waals surface area (Å²) in [6.45, 7) is 3.52. The molecule has 0 radical (unpaired) electrons. The van der Waals surface area contributed by atoms with Crippen LogP contribution in [0.4, 0.5) is 8.78 Å². The van der Waals surface area contributed by atoms with E-state index in [1.54, 1.807) is 13.8 Å². The van der Waals surface area contributed by atoms with Crippen LogP contribution in [0.5, 0.6) is 0 Å². The van der Waals surface area contributed by atoms with Crippen LogP contribution in [-0.4, -0.2) is 27.8 Å². The molecule has 0 unspecified atom stereocenters. The second-order valence-corrected chi connectivity index (χ2v) is 5.12. The van der Waals surface area contributed by atoms with E-state index in [9.17, 15) is 13.6 Å². The molecule has 7 heteroatoms. The van der Waals surface area contributed by atoms with E-state index in [1.165, 1.54) is 0 Å². The fourth-order valence-electron chi connectivity index (χ4n) is 1.47. The monoisotopic (exact) mass is 286 g/mol. The van der Waals surface area contributed by atoms with Gasteiger partial charge in [0.1, 0.15) is 0 Å². The average Bonchev–Trinajstić information content (AvgIpc) is 2.68. The molecule has 102 valence electrons. The number of imidazole rings is 1. The summed E-state index contributed by atoms with van der Waals surface area (Å²) in [5, 5.41) is 0.417. The van der Waals surface area contributed by atoms with Crippen LogP contribution in [0.3, 0.4) is 0 Å². The van der Waals surface area contributed by atoms with E-state index in [0.29, 0.717) is 16.2 Å². The standard InChI is InChI=1S/C12H12F2N2O2S/c1-6(2)18-11(17)5-19-12-15-9-3-7(13)8(14)4-10(9)16-12/h3-4,6H,5H2,1-2H3,(H,15,16). The topological polar surface area (TPSA) is 55.0 Å². The minimum Gasteiger partial charge on any atom is -0.462 e. The number of halogens is 2. The zero-order chi connectivity index (χ0) is 14.0. The normalized spacial score (nSPS) is 11.2. The number of esters is 1. The van der Waals surface area contributed by atoms with Crippen LogP contribution in [-0.2, 0) is 9.53 Å². The molecule has 2 aromatic rings. The van der Waals surface area contributed by atoms with E-state index in [2.05, 4.69) is 9.97 Å². The second-order valence-electron chi connectivity index (χ2n) is 4.15. The van der Waals surface area contributed by atoms with E-state index >= 15 is 0 Å². The Morgan fingerprint density at radius 1 is 1.42 bits per heavy atom. The summed E-state index contributed by atoms with van der Waals surface area (Å²) >= 11 is 1.12. The largest absolute Gasteiger partial charge is 0.462 e. The first kappa shape index (κ1) is 13.8. The fourth-order valence-corrected chi connectivity index (χ4v) is 2.14. The average molecular weight is 286 g/mol. The number of carbonyl (C=O) groups excluding carboxylic acids is 1. The highest BCUT2D eigenvalue weighted by Crippen LogP contribution is 2.21. The predicted molar refractivity (Wildman–Crippen MR) is 68.0 cm³/mol. The highest BCUT2D eigenvalue weighted by molar-refractivity contribution is 7.99. The molecule has 0 saturated carbocycles. The number of H-pyrrole nitrogens is 1. The Kier molecular flexibility index (Phi) is 4.04. The Labute approximate surface area is 112 Å². The number of nitrogens with one attached hydrogen (secondary N) is 1.